The smallest absolute Gasteiger partial charge is 0.319 e. The zero-order valence-electron chi connectivity index (χ0n) is 21.3. The molecule has 1 unspecified atom stereocenters. The number of ketones is 1. The minimum absolute atomic E-state index is 0.143. The predicted octanol–water partition coefficient (Wildman–Crippen LogP) is 7.90. The van der Waals surface area contributed by atoms with Crippen molar-refractivity contribution >= 4 is 11.8 Å². The number of ether oxygens (including phenoxy) is 1. The lowest BCUT2D eigenvalue weighted by Crippen LogP contribution is -2.44. The number of Topliss-reactive ketones (excluding diaryl/α,β-unsaturated/α-hetero) is 1. The summed E-state index contributed by atoms with van der Waals surface area (Å²) in [5.74, 6) is 3.95. The molecule has 0 radical (unpaired) electrons. The molecule has 0 aliphatic heterocycles. The van der Waals surface area contributed by atoms with Gasteiger partial charge in [0, 0.05) is 6.42 Å². The molecule has 2 atom stereocenters. The average Bonchev–Trinajstić information content (AvgIpc) is 2.83. The Kier molecular flexibility index (Phi) is 10.1. The number of rotatable bonds is 10. The van der Waals surface area contributed by atoms with E-state index in [0.29, 0.717) is 31.3 Å². The van der Waals surface area contributed by atoms with Gasteiger partial charge in [0.2, 0.25) is 0 Å². The first-order chi connectivity index (χ1) is 15.5. The van der Waals surface area contributed by atoms with Crippen molar-refractivity contribution in [3.63, 3.8) is 0 Å². The van der Waals surface area contributed by atoms with Crippen molar-refractivity contribution in [2.24, 2.45) is 35.0 Å². The van der Waals surface area contributed by atoms with Crippen molar-refractivity contribution in [1.82, 2.24) is 0 Å². The standard InChI is InChI=1S/C29H50O3/c1-4-6-7-8-9-20-32-28(31)29(3)19-18-26(21-27(29)30)25-16-14-24(15-17-25)23-12-10-22(5-2)11-13-23/h22-26H,4-21H2,1-3H3/t22-,23-,24?,25?,26?,29-/m0/s1. The molecule has 0 aromatic heterocycles. The summed E-state index contributed by atoms with van der Waals surface area (Å²) in [4.78, 5) is 25.8. The van der Waals surface area contributed by atoms with Crippen LogP contribution < -0.4 is 0 Å². The molecule has 0 heterocycles. The van der Waals surface area contributed by atoms with Gasteiger partial charge in [0.15, 0.2) is 0 Å². The second kappa shape index (κ2) is 12.6. The zero-order valence-corrected chi connectivity index (χ0v) is 21.3. The van der Waals surface area contributed by atoms with E-state index >= 15 is 0 Å². The van der Waals surface area contributed by atoms with Gasteiger partial charge in [-0.15, -0.1) is 0 Å². The molecule has 0 N–H and O–H groups in total. The van der Waals surface area contributed by atoms with Crippen LogP contribution >= 0.6 is 0 Å². The van der Waals surface area contributed by atoms with Crippen LogP contribution in [0.5, 0.6) is 0 Å². The largest absolute Gasteiger partial charge is 0.465 e. The van der Waals surface area contributed by atoms with E-state index in [-0.39, 0.29) is 11.8 Å². The van der Waals surface area contributed by atoms with Crippen LogP contribution in [0.1, 0.15) is 130 Å². The molecule has 3 fully saturated rings. The normalized spacial score (nSPS) is 36.1. The Balaban J connectivity index is 1.38. The Morgan fingerprint density at radius 1 is 0.812 bits per heavy atom. The molecule has 3 nitrogen and oxygen atoms in total. The lowest BCUT2D eigenvalue weighted by Gasteiger charge is -2.42. The first-order valence-electron chi connectivity index (χ1n) is 14.2. The van der Waals surface area contributed by atoms with E-state index in [1.54, 1.807) is 0 Å². The minimum Gasteiger partial charge on any atom is -0.465 e. The summed E-state index contributed by atoms with van der Waals surface area (Å²) in [5, 5.41) is 0. The highest BCUT2D eigenvalue weighted by Gasteiger charge is 2.47. The van der Waals surface area contributed by atoms with Gasteiger partial charge < -0.3 is 4.74 Å². The fraction of sp³-hybridized carbons (Fsp3) is 0.931. The fourth-order valence-corrected chi connectivity index (χ4v) is 6.98. The summed E-state index contributed by atoms with van der Waals surface area (Å²) in [6.45, 7) is 6.86. The van der Waals surface area contributed by atoms with Crippen LogP contribution in [0.3, 0.4) is 0 Å². The van der Waals surface area contributed by atoms with Gasteiger partial charge in [-0.3, -0.25) is 9.59 Å². The van der Waals surface area contributed by atoms with Crippen LogP contribution in [0.25, 0.3) is 0 Å². The summed E-state index contributed by atoms with van der Waals surface area (Å²) in [5.41, 5.74) is -0.894. The summed E-state index contributed by atoms with van der Waals surface area (Å²) < 4.78 is 5.55. The molecule has 3 saturated carbocycles. The van der Waals surface area contributed by atoms with Crippen molar-refractivity contribution < 1.29 is 14.3 Å². The molecule has 3 aliphatic carbocycles. The molecule has 3 rings (SSSR count). The summed E-state index contributed by atoms with van der Waals surface area (Å²) >= 11 is 0. The summed E-state index contributed by atoms with van der Waals surface area (Å²) in [6, 6.07) is 0. The van der Waals surface area contributed by atoms with E-state index < -0.39 is 5.41 Å². The van der Waals surface area contributed by atoms with Gasteiger partial charge in [0.25, 0.3) is 0 Å². The van der Waals surface area contributed by atoms with E-state index in [2.05, 4.69) is 13.8 Å². The number of carbonyl (C=O) groups is 2. The second-order valence-electron chi connectivity index (χ2n) is 11.7. The fourth-order valence-electron chi connectivity index (χ4n) is 6.98. The van der Waals surface area contributed by atoms with Crippen LogP contribution in [0, 0.1) is 35.0 Å². The first kappa shape index (κ1) is 25.8. The van der Waals surface area contributed by atoms with Gasteiger partial charge in [-0.2, -0.15) is 0 Å². The Morgan fingerprint density at radius 3 is 1.94 bits per heavy atom. The van der Waals surface area contributed by atoms with Gasteiger partial charge >= 0.3 is 5.97 Å². The first-order valence-corrected chi connectivity index (χ1v) is 14.2. The molecule has 0 bridgehead atoms. The third-order valence-electron chi connectivity index (χ3n) is 9.63. The van der Waals surface area contributed by atoms with Crippen LogP contribution in [-0.4, -0.2) is 18.4 Å². The molecule has 0 saturated heterocycles. The average molecular weight is 447 g/mol. The monoisotopic (exact) mass is 446 g/mol. The Bertz CT molecular complexity index is 583. The number of hydrogen-bond donors (Lipinski definition) is 0. The molecule has 3 aliphatic rings. The molecule has 32 heavy (non-hydrogen) atoms. The van der Waals surface area contributed by atoms with Crippen LogP contribution in [0.4, 0.5) is 0 Å². The molecule has 0 amide bonds. The Hall–Kier alpha value is -0.860. The van der Waals surface area contributed by atoms with Crippen molar-refractivity contribution in [2.75, 3.05) is 6.61 Å². The summed E-state index contributed by atoms with van der Waals surface area (Å²) in [6.07, 6.45) is 20.5. The van der Waals surface area contributed by atoms with Crippen molar-refractivity contribution in [1.29, 1.82) is 0 Å². The van der Waals surface area contributed by atoms with E-state index in [9.17, 15) is 9.59 Å². The van der Waals surface area contributed by atoms with Crippen LogP contribution in [0.2, 0.25) is 0 Å². The number of unbranched alkanes of at least 4 members (excludes halogenated alkanes) is 4. The van der Waals surface area contributed by atoms with E-state index in [1.165, 1.54) is 77.0 Å². The molecular formula is C29H50O3. The van der Waals surface area contributed by atoms with Crippen molar-refractivity contribution in [3.8, 4) is 0 Å². The molecule has 184 valence electrons. The van der Waals surface area contributed by atoms with Gasteiger partial charge in [0.05, 0.1) is 6.61 Å². The second-order valence-corrected chi connectivity index (χ2v) is 11.7. The van der Waals surface area contributed by atoms with Crippen LogP contribution in [-0.2, 0) is 14.3 Å². The van der Waals surface area contributed by atoms with Gasteiger partial charge in [0.1, 0.15) is 11.2 Å². The third-order valence-corrected chi connectivity index (χ3v) is 9.63. The molecule has 0 aromatic rings. The molecule has 0 spiro atoms. The number of carbonyl (C=O) groups excluding carboxylic acids is 2. The SMILES string of the molecule is CCCCCCCOC(=O)[C@@]1(C)CCC(C2CCC([C@H]3CC[C@H](CC)CC3)CC2)CC1=O. The molecule has 0 aromatic carbocycles. The van der Waals surface area contributed by atoms with Crippen molar-refractivity contribution in [3.05, 3.63) is 0 Å². The maximum absolute atomic E-state index is 13.1. The van der Waals surface area contributed by atoms with Gasteiger partial charge in [-0.1, -0.05) is 58.8 Å². The number of hydrogen-bond acceptors (Lipinski definition) is 3. The lowest BCUT2D eigenvalue weighted by molar-refractivity contribution is -0.162. The highest BCUT2D eigenvalue weighted by atomic mass is 16.5. The van der Waals surface area contributed by atoms with Crippen molar-refractivity contribution in [2.45, 2.75) is 130 Å². The van der Waals surface area contributed by atoms with Crippen LogP contribution in [0.15, 0.2) is 0 Å². The Morgan fingerprint density at radius 2 is 1.38 bits per heavy atom. The van der Waals surface area contributed by atoms with Gasteiger partial charge in [-0.25, -0.2) is 0 Å². The van der Waals surface area contributed by atoms with E-state index in [1.807, 2.05) is 6.92 Å². The third kappa shape index (κ3) is 6.60. The highest BCUT2D eigenvalue weighted by molar-refractivity contribution is 6.04. The minimum atomic E-state index is -0.894. The highest BCUT2D eigenvalue weighted by Crippen LogP contribution is 2.47. The van der Waals surface area contributed by atoms with E-state index in [4.69, 9.17) is 4.74 Å². The maximum atomic E-state index is 13.1. The summed E-state index contributed by atoms with van der Waals surface area (Å²) in [7, 11) is 0. The van der Waals surface area contributed by atoms with Gasteiger partial charge in [-0.05, 0) is 94.3 Å². The zero-order chi connectivity index (χ0) is 23.0. The van der Waals surface area contributed by atoms with E-state index in [0.717, 1.165) is 37.0 Å². The molecule has 3 heteroatoms. The lowest BCUT2D eigenvalue weighted by atomic mass is 9.62. The topological polar surface area (TPSA) is 43.4 Å². The maximum Gasteiger partial charge on any atom is 0.319 e. The Labute approximate surface area is 197 Å². The molecular weight excluding hydrogens is 396 g/mol. The number of esters is 1. The quantitative estimate of drug-likeness (QED) is 0.194. The predicted molar refractivity (Wildman–Crippen MR) is 131 cm³/mol.